The third-order valence-corrected chi connectivity index (χ3v) is 10.7. The zero-order valence-electron chi connectivity index (χ0n) is 27.7. The minimum Gasteiger partial charge on any atom is -0.490 e. The summed E-state index contributed by atoms with van der Waals surface area (Å²) in [6, 6.07) is 18.7. The van der Waals surface area contributed by atoms with Gasteiger partial charge in [-0.15, -0.1) is 0 Å². The number of carboxylic acids is 1. The standard InChI is InChI=1S/C36H42N4O7S/c1-6-46-29-19-24(15-16-28(29)47-21(2)3)32(38-31-20-23-11-7-8-12-25(23)34(37)39-31)35(41)40-18-17-27(36(42)43)33(40)26-13-9-10-14-30(26)48(44,45)22(4)5/h7-16,19-22,27,32-33H,6,17-18H2,1-5H3,(H,42,43)(H3,37,38,39). The first-order valence-electron chi connectivity index (χ1n) is 16.0. The minimum atomic E-state index is -3.82. The quantitative estimate of drug-likeness (QED) is 0.162. The third-order valence-electron chi connectivity index (χ3n) is 8.44. The summed E-state index contributed by atoms with van der Waals surface area (Å²) in [5.41, 5.74) is 7.10. The zero-order valence-corrected chi connectivity index (χ0v) is 28.5. The molecular formula is C36H42N4O7S. The molecule has 12 heteroatoms. The van der Waals surface area contributed by atoms with E-state index < -0.39 is 45.0 Å². The van der Waals surface area contributed by atoms with Crippen LogP contribution in [0.4, 0.5) is 11.6 Å². The van der Waals surface area contributed by atoms with E-state index in [1.807, 2.05) is 45.0 Å². The third kappa shape index (κ3) is 6.89. The number of amides is 1. The van der Waals surface area contributed by atoms with Crippen LogP contribution in [0.25, 0.3) is 10.8 Å². The van der Waals surface area contributed by atoms with Crippen molar-refractivity contribution in [3.05, 3.63) is 83.9 Å². The van der Waals surface area contributed by atoms with E-state index in [0.29, 0.717) is 29.5 Å². The van der Waals surface area contributed by atoms with E-state index in [2.05, 4.69) is 10.3 Å². The van der Waals surface area contributed by atoms with Crippen molar-refractivity contribution in [2.45, 2.75) is 69.4 Å². The van der Waals surface area contributed by atoms with Crippen LogP contribution >= 0.6 is 0 Å². The normalized spacial score (nSPS) is 17.1. The molecule has 0 aliphatic carbocycles. The van der Waals surface area contributed by atoms with E-state index in [9.17, 15) is 23.1 Å². The molecule has 0 bridgehead atoms. The summed E-state index contributed by atoms with van der Waals surface area (Å²) < 4.78 is 38.9. The van der Waals surface area contributed by atoms with Gasteiger partial charge in [0.2, 0.25) is 5.91 Å². The highest BCUT2D eigenvalue weighted by molar-refractivity contribution is 7.92. The number of nitrogens with one attached hydrogen (secondary N) is 1. The number of pyridine rings is 1. The first kappa shape index (κ1) is 34.5. The van der Waals surface area contributed by atoms with Crippen LogP contribution in [0.3, 0.4) is 0 Å². The number of anilines is 2. The number of nitrogens with two attached hydrogens (primary N) is 1. The average Bonchev–Trinajstić information content (AvgIpc) is 3.50. The number of benzene rings is 3. The Morgan fingerprint density at radius 1 is 1.02 bits per heavy atom. The number of fused-ring (bicyclic) bond motifs is 1. The SMILES string of the molecule is CCOc1cc(C(Nc2cc3ccccc3c(N)n2)C(=O)N2CCC(C(=O)O)C2c2ccccc2S(=O)(=O)C(C)C)ccc1OC(C)C. The number of aliphatic carboxylic acids is 1. The van der Waals surface area contributed by atoms with E-state index in [1.54, 1.807) is 56.3 Å². The molecule has 1 aromatic heterocycles. The summed E-state index contributed by atoms with van der Waals surface area (Å²) in [7, 11) is -3.82. The minimum absolute atomic E-state index is 0.0123. The first-order chi connectivity index (χ1) is 22.8. The number of carbonyl (C=O) groups excluding carboxylic acids is 1. The Labute approximate surface area is 281 Å². The van der Waals surface area contributed by atoms with Gasteiger partial charge in [0.05, 0.1) is 34.8 Å². The van der Waals surface area contributed by atoms with Crippen LogP contribution < -0.4 is 20.5 Å². The molecule has 1 amide bonds. The molecule has 1 fully saturated rings. The van der Waals surface area contributed by atoms with E-state index in [0.717, 1.165) is 10.8 Å². The number of nitrogen functional groups attached to an aromatic ring is 1. The maximum Gasteiger partial charge on any atom is 0.309 e. The number of nitrogens with zero attached hydrogens (tertiary/aromatic N) is 2. The highest BCUT2D eigenvalue weighted by atomic mass is 32.2. The Hall–Kier alpha value is -4.84. The molecule has 0 saturated carbocycles. The largest absolute Gasteiger partial charge is 0.490 e. The monoisotopic (exact) mass is 674 g/mol. The number of carboxylic acid groups (broad SMARTS) is 1. The van der Waals surface area contributed by atoms with E-state index in [-0.39, 0.29) is 35.3 Å². The van der Waals surface area contributed by atoms with Crippen LogP contribution in [0.1, 0.15) is 64.3 Å². The highest BCUT2D eigenvalue weighted by Gasteiger charge is 2.46. The maximum atomic E-state index is 14.9. The Balaban J connectivity index is 1.65. The molecule has 0 spiro atoms. The molecule has 3 atom stereocenters. The van der Waals surface area contributed by atoms with Crippen LogP contribution in [-0.4, -0.2) is 59.8 Å². The number of aromatic nitrogens is 1. The Morgan fingerprint density at radius 3 is 2.42 bits per heavy atom. The number of likely N-dealkylation sites (tertiary alicyclic amines) is 1. The molecule has 1 aliphatic heterocycles. The van der Waals surface area contributed by atoms with Crippen molar-refractivity contribution in [1.29, 1.82) is 0 Å². The second kappa shape index (κ2) is 14.1. The fourth-order valence-electron chi connectivity index (χ4n) is 6.15. The lowest BCUT2D eigenvalue weighted by molar-refractivity contribution is -0.143. The Kier molecular flexibility index (Phi) is 10.1. The molecule has 5 rings (SSSR count). The second-order valence-electron chi connectivity index (χ2n) is 12.3. The number of rotatable bonds is 12. The summed E-state index contributed by atoms with van der Waals surface area (Å²) in [4.78, 5) is 33.5. The van der Waals surface area contributed by atoms with Crippen LogP contribution in [0.5, 0.6) is 11.5 Å². The summed E-state index contributed by atoms with van der Waals surface area (Å²) in [6.45, 7) is 9.23. The molecule has 3 unspecified atom stereocenters. The van der Waals surface area contributed by atoms with Gasteiger partial charge in [0.1, 0.15) is 17.7 Å². The molecule has 1 aliphatic rings. The van der Waals surface area contributed by atoms with Crippen molar-refractivity contribution in [3.63, 3.8) is 0 Å². The van der Waals surface area contributed by atoms with Crippen LogP contribution in [0.2, 0.25) is 0 Å². The van der Waals surface area contributed by atoms with Gasteiger partial charge in [-0.3, -0.25) is 9.59 Å². The molecular weight excluding hydrogens is 632 g/mol. The molecule has 4 N–H and O–H groups in total. The number of ether oxygens (including phenoxy) is 2. The summed E-state index contributed by atoms with van der Waals surface area (Å²) in [5.74, 6) is -1.07. The lowest BCUT2D eigenvalue weighted by Gasteiger charge is -2.32. The van der Waals surface area contributed by atoms with Gasteiger partial charge in [-0.25, -0.2) is 13.4 Å². The fraction of sp³-hybridized carbons (Fsp3) is 0.361. The summed E-state index contributed by atoms with van der Waals surface area (Å²) in [5, 5.41) is 14.4. The number of sulfone groups is 1. The smallest absolute Gasteiger partial charge is 0.309 e. The first-order valence-corrected chi connectivity index (χ1v) is 17.6. The number of hydrogen-bond donors (Lipinski definition) is 3. The predicted octanol–water partition coefficient (Wildman–Crippen LogP) is 6.01. The zero-order chi connectivity index (χ0) is 34.7. The molecule has 254 valence electrons. The van der Waals surface area contributed by atoms with Crippen LogP contribution in [0, 0.1) is 5.92 Å². The van der Waals surface area contributed by atoms with Gasteiger partial charge in [-0.2, -0.15) is 0 Å². The van der Waals surface area contributed by atoms with Gasteiger partial charge in [0, 0.05) is 11.9 Å². The molecule has 4 aromatic rings. The predicted molar refractivity (Wildman–Crippen MR) is 185 cm³/mol. The van der Waals surface area contributed by atoms with Crippen molar-refractivity contribution in [1.82, 2.24) is 9.88 Å². The van der Waals surface area contributed by atoms with Crippen molar-refractivity contribution < 1.29 is 32.6 Å². The topological polar surface area (TPSA) is 161 Å². The molecule has 0 radical (unpaired) electrons. The van der Waals surface area contributed by atoms with Gasteiger partial charge in [-0.05, 0) is 81.8 Å². The highest BCUT2D eigenvalue weighted by Crippen LogP contribution is 2.43. The van der Waals surface area contributed by atoms with Crippen molar-refractivity contribution in [2.24, 2.45) is 5.92 Å². The number of hydrogen-bond acceptors (Lipinski definition) is 9. The van der Waals surface area contributed by atoms with Crippen molar-refractivity contribution >= 4 is 44.1 Å². The molecule has 3 aromatic carbocycles. The van der Waals surface area contributed by atoms with Gasteiger partial charge in [0.25, 0.3) is 0 Å². The molecule has 48 heavy (non-hydrogen) atoms. The average molecular weight is 675 g/mol. The summed E-state index contributed by atoms with van der Waals surface area (Å²) in [6.07, 6.45) is 0.0111. The maximum absolute atomic E-state index is 14.9. The Morgan fingerprint density at radius 2 is 1.73 bits per heavy atom. The Bertz CT molecular complexity index is 1930. The summed E-state index contributed by atoms with van der Waals surface area (Å²) >= 11 is 0. The molecule has 11 nitrogen and oxygen atoms in total. The lowest BCUT2D eigenvalue weighted by atomic mass is 9.93. The van der Waals surface area contributed by atoms with Gasteiger partial charge in [-0.1, -0.05) is 48.5 Å². The number of carbonyl (C=O) groups is 2. The van der Waals surface area contributed by atoms with Gasteiger partial charge in [0.15, 0.2) is 21.3 Å². The molecule has 2 heterocycles. The van der Waals surface area contributed by atoms with Gasteiger partial charge >= 0.3 is 5.97 Å². The second-order valence-corrected chi connectivity index (χ2v) is 14.8. The van der Waals surface area contributed by atoms with Gasteiger partial charge < -0.3 is 30.5 Å². The van der Waals surface area contributed by atoms with Crippen LogP contribution in [0.15, 0.2) is 77.7 Å². The van der Waals surface area contributed by atoms with Crippen molar-refractivity contribution in [2.75, 3.05) is 24.2 Å². The van der Waals surface area contributed by atoms with Crippen LogP contribution in [-0.2, 0) is 19.4 Å². The van der Waals surface area contributed by atoms with E-state index >= 15 is 0 Å². The van der Waals surface area contributed by atoms with Crippen molar-refractivity contribution in [3.8, 4) is 11.5 Å². The van der Waals surface area contributed by atoms with E-state index in [1.165, 1.54) is 11.0 Å². The lowest BCUT2D eigenvalue weighted by Crippen LogP contribution is -2.40. The molecule has 1 saturated heterocycles. The fourth-order valence-corrected chi connectivity index (χ4v) is 7.44. The van der Waals surface area contributed by atoms with E-state index in [4.69, 9.17) is 15.2 Å².